The van der Waals surface area contributed by atoms with E-state index in [-0.39, 0.29) is 23.6 Å². The van der Waals surface area contributed by atoms with Crippen LogP contribution in [-0.2, 0) is 18.4 Å². The molecule has 6 rings (SSSR count). The summed E-state index contributed by atoms with van der Waals surface area (Å²) in [6.07, 6.45) is 1.58. The van der Waals surface area contributed by atoms with Crippen LogP contribution in [0.15, 0.2) is 42.6 Å². The quantitative estimate of drug-likeness (QED) is 0.277. The highest BCUT2D eigenvalue weighted by Gasteiger charge is 2.30. The Bertz CT molecular complexity index is 1810. The van der Waals surface area contributed by atoms with Gasteiger partial charge in [0.05, 0.1) is 16.7 Å². The lowest BCUT2D eigenvalue weighted by Crippen LogP contribution is -2.31. The van der Waals surface area contributed by atoms with E-state index in [1.54, 1.807) is 28.8 Å². The summed E-state index contributed by atoms with van der Waals surface area (Å²) in [5.74, 6) is -1.93. The van der Waals surface area contributed by atoms with Crippen molar-refractivity contribution in [3.8, 4) is 11.1 Å². The second kappa shape index (κ2) is 7.73. The van der Waals surface area contributed by atoms with Gasteiger partial charge in [0.2, 0.25) is 5.91 Å². The molecule has 0 bridgehead atoms. The number of amides is 1. The number of aryl methyl sites for hydroxylation is 3. The largest absolute Gasteiger partial charge is 0.394 e. The molecule has 9 heteroatoms. The summed E-state index contributed by atoms with van der Waals surface area (Å²) in [5.41, 5.74) is 10.5. The third-order valence-electron chi connectivity index (χ3n) is 7.34. The summed E-state index contributed by atoms with van der Waals surface area (Å²) in [6, 6.07) is 9.48. The van der Waals surface area contributed by atoms with Crippen molar-refractivity contribution in [2.24, 2.45) is 7.05 Å². The topological polar surface area (TPSA) is 86.1 Å². The SMILES string of the molecule is Cc1cc2c(nc(C)n2C)c2c1-c1cccc3c(C(=O)c4cc(F)c(N)c(F)c4)cn(c13)CC(=O)N2C. The lowest BCUT2D eigenvalue weighted by atomic mass is 9.93. The number of imidazole rings is 1. The molecule has 7 nitrogen and oxygen atoms in total. The molecule has 2 aromatic heterocycles. The molecule has 0 radical (unpaired) electrons. The molecule has 0 unspecified atom stereocenters. The van der Waals surface area contributed by atoms with Gasteiger partial charge in [-0.3, -0.25) is 9.59 Å². The predicted molar refractivity (Wildman–Crippen MR) is 139 cm³/mol. The van der Waals surface area contributed by atoms with Crippen LogP contribution in [0.2, 0.25) is 0 Å². The zero-order valence-electron chi connectivity index (χ0n) is 20.7. The highest BCUT2D eigenvalue weighted by atomic mass is 19.1. The molecule has 1 amide bonds. The molecule has 3 heterocycles. The number of hydrogen-bond donors (Lipinski definition) is 1. The summed E-state index contributed by atoms with van der Waals surface area (Å²) in [4.78, 5) is 33.3. The van der Waals surface area contributed by atoms with Crippen molar-refractivity contribution in [1.82, 2.24) is 14.1 Å². The number of nitrogens with zero attached hydrogens (tertiary/aromatic N) is 4. The smallest absolute Gasteiger partial charge is 0.246 e. The Kier molecular flexibility index (Phi) is 4.79. The Morgan fingerprint density at radius 1 is 1.08 bits per heavy atom. The first kappa shape index (κ1) is 22.9. The molecule has 1 aliphatic heterocycles. The van der Waals surface area contributed by atoms with Crippen molar-refractivity contribution < 1.29 is 18.4 Å². The molecule has 0 saturated heterocycles. The van der Waals surface area contributed by atoms with E-state index in [1.807, 2.05) is 43.7 Å². The number of carbonyl (C=O) groups excluding carboxylic acids is 2. The van der Waals surface area contributed by atoms with Gasteiger partial charge in [0, 0.05) is 47.9 Å². The van der Waals surface area contributed by atoms with E-state index < -0.39 is 23.1 Å². The summed E-state index contributed by atoms with van der Waals surface area (Å²) in [7, 11) is 3.67. The highest BCUT2D eigenvalue weighted by Crippen LogP contribution is 2.44. The lowest BCUT2D eigenvalue weighted by Gasteiger charge is -2.26. The summed E-state index contributed by atoms with van der Waals surface area (Å²) in [5, 5.41) is 0.583. The van der Waals surface area contributed by atoms with Crippen LogP contribution in [0.4, 0.5) is 20.2 Å². The third-order valence-corrected chi connectivity index (χ3v) is 7.34. The van der Waals surface area contributed by atoms with Gasteiger partial charge in [-0.2, -0.15) is 0 Å². The van der Waals surface area contributed by atoms with Crippen LogP contribution in [0.1, 0.15) is 27.3 Å². The summed E-state index contributed by atoms with van der Waals surface area (Å²) < 4.78 is 32.1. The number of nitrogen functional groups attached to an aromatic ring is 1. The average Bonchev–Trinajstić information content (AvgIpc) is 3.37. The Morgan fingerprint density at radius 3 is 2.49 bits per heavy atom. The van der Waals surface area contributed by atoms with Gasteiger partial charge >= 0.3 is 0 Å². The van der Waals surface area contributed by atoms with E-state index in [4.69, 9.17) is 10.7 Å². The number of carbonyl (C=O) groups is 2. The van der Waals surface area contributed by atoms with Gasteiger partial charge in [0.1, 0.15) is 35.2 Å². The fourth-order valence-corrected chi connectivity index (χ4v) is 5.33. The van der Waals surface area contributed by atoms with Gasteiger partial charge in [-0.05, 0) is 37.6 Å². The highest BCUT2D eigenvalue weighted by molar-refractivity contribution is 6.20. The number of nitrogens with two attached hydrogens (primary N) is 1. The van der Waals surface area contributed by atoms with Gasteiger partial charge < -0.3 is 19.8 Å². The molecule has 3 aromatic carbocycles. The van der Waals surface area contributed by atoms with Crippen LogP contribution in [-0.4, -0.2) is 32.9 Å². The van der Waals surface area contributed by atoms with Crippen LogP contribution in [0.3, 0.4) is 0 Å². The van der Waals surface area contributed by atoms with Crippen LogP contribution in [0.5, 0.6) is 0 Å². The Balaban J connectivity index is 1.67. The molecule has 5 aromatic rings. The van der Waals surface area contributed by atoms with Gasteiger partial charge in [-0.15, -0.1) is 0 Å². The van der Waals surface area contributed by atoms with Crippen LogP contribution in [0.25, 0.3) is 33.1 Å². The van der Waals surface area contributed by atoms with Crippen LogP contribution < -0.4 is 10.6 Å². The number of hydrogen-bond acceptors (Lipinski definition) is 4. The second-order valence-corrected chi connectivity index (χ2v) is 9.51. The molecule has 0 spiro atoms. The van der Waals surface area contributed by atoms with Gasteiger partial charge in [-0.25, -0.2) is 13.8 Å². The molecule has 1 aliphatic rings. The summed E-state index contributed by atoms with van der Waals surface area (Å²) in [6.45, 7) is 3.88. The first-order valence-electron chi connectivity index (χ1n) is 11.7. The minimum Gasteiger partial charge on any atom is -0.394 e. The lowest BCUT2D eigenvalue weighted by molar-refractivity contribution is -0.118. The number of ketones is 1. The average molecular weight is 500 g/mol. The first-order chi connectivity index (χ1) is 17.6. The van der Waals surface area contributed by atoms with E-state index in [0.29, 0.717) is 16.6 Å². The van der Waals surface area contributed by atoms with Crippen molar-refractivity contribution in [2.75, 3.05) is 17.7 Å². The number of likely N-dealkylation sites (N-methyl/N-ethyl adjacent to an activating group) is 1. The van der Waals surface area contributed by atoms with E-state index >= 15 is 0 Å². The molecule has 186 valence electrons. The minimum atomic E-state index is -0.998. The van der Waals surface area contributed by atoms with Crippen molar-refractivity contribution in [1.29, 1.82) is 0 Å². The number of anilines is 2. The Morgan fingerprint density at radius 2 is 1.78 bits per heavy atom. The number of para-hydroxylation sites is 1. The van der Waals surface area contributed by atoms with Gasteiger partial charge in [0.25, 0.3) is 0 Å². The molecule has 37 heavy (non-hydrogen) atoms. The van der Waals surface area contributed by atoms with Crippen LogP contribution >= 0.6 is 0 Å². The fourth-order valence-electron chi connectivity index (χ4n) is 5.33. The number of rotatable bonds is 2. The van der Waals surface area contributed by atoms with Gasteiger partial charge in [0.15, 0.2) is 5.78 Å². The van der Waals surface area contributed by atoms with Crippen molar-refractivity contribution in [3.63, 3.8) is 0 Å². The second-order valence-electron chi connectivity index (χ2n) is 9.51. The summed E-state index contributed by atoms with van der Waals surface area (Å²) >= 11 is 0. The van der Waals surface area contributed by atoms with Crippen molar-refractivity contribution in [3.05, 3.63) is 76.7 Å². The monoisotopic (exact) mass is 499 g/mol. The molecule has 0 saturated carbocycles. The molecular weight excluding hydrogens is 476 g/mol. The van der Waals surface area contributed by atoms with E-state index in [9.17, 15) is 18.4 Å². The molecule has 0 fully saturated rings. The maximum atomic E-state index is 14.2. The molecular formula is C28H23F2N5O2. The standard InChI is InChI=1S/C28H23F2N5O2/c1-13-8-21-25(32-14(2)33(21)3)27-23(13)17-7-5-6-16-18(11-35(26(16)17)12-22(36)34(27)4)28(37)15-9-19(29)24(31)20(30)10-15/h5-11H,12,31H2,1-4H3. The number of fused-ring (bicyclic) bond motifs is 4. The van der Waals surface area contributed by atoms with Crippen LogP contribution in [0, 0.1) is 25.5 Å². The molecule has 0 aliphatic carbocycles. The zero-order chi connectivity index (χ0) is 26.3. The van der Waals surface area contributed by atoms with E-state index in [0.717, 1.165) is 45.7 Å². The number of aromatic nitrogens is 3. The maximum Gasteiger partial charge on any atom is 0.246 e. The number of benzene rings is 3. The zero-order valence-corrected chi connectivity index (χ0v) is 20.7. The first-order valence-corrected chi connectivity index (χ1v) is 11.7. The normalized spacial score (nSPS) is 13.2. The van der Waals surface area contributed by atoms with Crippen molar-refractivity contribution >= 4 is 45.0 Å². The van der Waals surface area contributed by atoms with Gasteiger partial charge in [-0.1, -0.05) is 18.2 Å². The Hall–Kier alpha value is -4.53. The fraction of sp³-hybridized carbons (Fsp3) is 0.179. The molecule has 2 N–H and O–H groups in total. The number of halogens is 2. The third kappa shape index (κ3) is 3.13. The van der Waals surface area contributed by atoms with E-state index in [2.05, 4.69) is 0 Å². The predicted octanol–water partition coefficient (Wildman–Crippen LogP) is 4.88. The maximum absolute atomic E-state index is 14.2. The minimum absolute atomic E-state index is 0.0254. The Labute approximate surface area is 210 Å². The van der Waals surface area contributed by atoms with Crippen molar-refractivity contribution in [2.45, 2.75) is 20.4 Å². The van der Waals surface area contributed by atoms with E-state index in [1.165, 1.54) is 0 Å². The molecule has 0 atom stereocenters.